The Morgan fingerprint density at radius 3 is 2.84 bits per heavy atom. The number of nitrogens with zero attached hydrogens (tertiary/aromatic N) is 5. The van der Waals surface area contributed by atoms with Gasteiger partial charge in [0, 0.05) is 31.5 Å². The van der Waals surface area contributed by atoms with Crippen LogP contribution in [-0.4, -0.2) is 45.0 Å². The van der Waals surface area contributed by atoms with Crippen LogP contribution in [0.3, 0.4) is 0 Å². The van der Waals surface area contributed by atoms with Gasteiger partial charge in [0.25, 0.3) is 5.91 Å². The Labute approximate surface area is 147 Å². The lowest BCUT2D eigenvalue weighted by molar-refractivity contribution is 0.0937. The van der Waals surface area contributed by atoms with E-state index in [4.69, 9.17) is 0 Å². The molecule has 1 saturated carbocycles. The van der Waals surface area contributed by atoms with Gasteiger partial charge in [0.15, 0.2) is 5.82 Å². The molecule has 1 amide bonds. The van der Waals surface area contributed by atoms with Crippen LogP contribution in [0.5, 0.6) is 0 Å². The molecule has 1 saturated heterocycles. The summed E-state index contributed by atoms with van der Waals surface area (Å²) in [6.45, 7) is 1.57. The number of hydrogen-bond donors (Lipinski definition) is 1. The van der Waals surface area contributed by atoms with E-state index >= 15 is 0 Å². The third-order valence-electron chi connectivity index (χ3n) is 5.30. The number of hydrogen-bond acceptors (Lipinski definition) is 5. The highest BCUT2D eigenvalue weighted by Crippen LogP contribution is 2.29. The van der Waals surface area contributed by atoms with Crippen molar-refractivity contribution in [1.82, 2.24) is 25.3 Å². The minimum Gasteiger partial charge on any atom is -0.350 e. The number of amides is 1. The summed E-state index contributed by atoms with van der Waals surface area (Å²) < 4.78 is 1.91. The van der Waals surface area contributed by atoms with E-state index in [1.807, 2.05) is 22.9 Å². The zero-order chi connectivity index (χ0) is 17.1. The molecule has 7 heteroatoms. The predicted octanol–water partition coefficient (Wildman–Crippen LogP) is 2.19. The molecule has 1 atom stereocenters. The number of rotatable bonds is 5. The Bertz CT molecular complexity index is 709. The number of carbonyl (C=O) groups is 1. The van der Waals surface area contributed by atoms with E-state index in [1.54, 1.807) is 12.4 Å². The van der Waals surface area contributed by atoms with Gasteiger partial charge in [0.2, 0.25) is 0 Å². The molecule has 0 spiro atoms. The SMILES string of the molecule is O=C(NCC1CCCN1c1cccnn1)c1ccnn1C1CCCC1. The van der Waals surface area contributed by atoms with E-state index < -0.39 is 0 Å². The highest BCUT2D eigenvalue weighted by molar-refractivity contribution is 5.92. The van der Waals surface area contributed by atoms with Crippen molar-refractivity contribution in [2.24, 2.45) is 0 Å². The quantitative estimate of drug-likeness (QED) is 0.903. The average Bonchev–Trinajstić information content (AvgIpc) is 3.41. The fraction of sp³-hybridized carbons (Fsp3) is 0.556. The summed E-state index contributed by atoms with van der Waals surface area (Å²) >= 11 is 0. The fourth-order valence-corrected chi connectivity index (χ4v) is 4.03. The van der Waals surface area contributed by atoms with Crippen LogP contribution >= 0.6 is 0 Å². The minimum absolute atomic E-state index is 0.0320. The van der Waals surface area contributed by atoms with Gasteiger partial charge in [0.1, 0.15) is 5.69 Å². The van der Waals surface area contributed by atoms with Crippen molar-refractivity contribution in [1.29, 1.82) is 0 Å². The molecule has 0 aromatic carbocycles. The first-order valence-electron chi connectivity index (χ1n) is 9.19. The first-order valence-corrected chi connectivity index (χ1v) is 9.19. The van der Waals surface area contributed by atoms with E-state index in [9.17, 15) is 4.79 Å². The molecular formula is C18H24N6O. The van der Waals surface area contributed by atoms with E-state index in [-0.39, 0.29) is 11.9 Å². The lowest BCUT2D eigenvalue weighted by atomic mass is 10.2. The van der Waals surface area contributed by atoms with Gasteiger partial charge in [-0.15, -0.1) is 5.10 Å². The maximum Gasteiger partial charge on any atom is 0.269 e. The molecule has 0 bridgehead atoms. The molecule has 1 unspecified atom stereocenters. The Morgan fingerprint density at radius 2 is 2.04 bits per heavy atom. The largest absolute Gasteiger partial charge is 0.350 e. The molecule has 0 radical (unpaired) electrons. The normalized spacial score (nSPS) is 21.0. The van der Waals surface area contributed by atoms with Gasteiger partial charge in [0.05, 0.1) is 6.04 Å². The number of carbonyl (C=O) groups excluding carboxylic acids is 1. The van der Waals surface area contributed by atoms with Crippen LogP contribution in [0.25, 0.3) is 0 Å². The standard InChI is InChI=1S/C18H24N6O/c25-18(16-9-11-21-24(16)14-5-1-2-6-14)19-13-15-7-4-12-23(15)17-8-3-10-20-22-17/h3,8-11,14-15H,1-2,4-7,12-13H2,(H,19,25). The van der Waals surface area contributed by atoms with Crippen molar-refractivity contribution in [3.63, 3.8) is 0 Å². The van der Waals surface area contributed by atoms with Crippen LogP contribution in [0, 0.1) is 0 Å². The van der Waals surface area contributed by atoms with Gasteiger partial charge in [-0.1, -0.05) is 12.8 Å². The summed E-state index contributed by atoms with van der Waals surface area (Å²) in [5.41, 5.74) is 0.677. The molecule has 132 valence electrons. The zero-order valence-electron chi connectivity index (χ0n) is 14.3. The number of aromatic nitrogens is 4. The number of anilines is 1. The van der Waals surface area contributed by atoms with E-state index in [0.29, 0.717) is 18.3 Å². The van der Waals surface area contributed by atoms with E-state index in [2.05, 4.69) is 25.5 Å². The molecule has 2 aliphatic rings. The third kappa shape index (κ3) is 3.36. The molecular weight excluding hydrogens is 316 g/mol. The van der Waals surface area contributed by atoms with E-state index in [1.165, 1.54) is 12.8 Å². The van der Waals surface area contributed by atoms with Gasteiger partial charge in [-0.2, -0.15) is 10.2 Å². The van der Waals surface area contributed by atoms with Crippen LogP contribution in [0.2, 0.25) is 0 Å². The maximum absolute atomic E-state index is 12.7. The summed E-state index contributed by atoms with van der Waals surface area (Å²) in [4.78, 5) is 14.9. The third-order valence-corrected chi connectivity index (χ3v) is 5.30. The lowest BCUT2D eigenvalue weighted by Crippen LogP contribution is -2.41. The second-order valence-electron chi connectivity index (χ2n) is 6.88. The molecule has 2 fully saturated rings. The van der Waals surface area contributed by atoms with Crippen LogP contribution < -0.4 is 10.2 Å². The Morgan fingerprint density at radius 1 is 1.16 bits per heavy atom. The molecule has 1 aliphatic heterocycles. The molecule has 2 aromatic rings. The summed E-state index contributed by atoms with van der Waals surface area (Å²) in [5.74, 6) is 0.852. The summed E-state index contributed by atoms with van der Waals surface area (Å²) in [6, 6.07) is 6.34. The molecule has 1 N–H and O–H groups in total. The summed E-state index contributed by atoms with van der Waals surface area (Å²) in [6.07, 6.45) is 10.3. The lowest BCUT2D eigenvalue weighted by Gasteiger charge is -2.25. The number of nitrogens with one attached hydrogen (secondary N) is 1. The zero-order valence-corrected chi connectivity index (χ0v) is 14.3. The molecule has 1 aliphatic carbocycles. The van der Waals surface area contributed by atoms with Crippen molar-refractivity contribution in [2.75, 3.05) is 18.0 Å². The van der Waals surface area contributed by atoms with Gasteiger partial charge < -0.3 is 10.2 Å². The average molecular weight is 340 g/mol. The molecule has 2 aromatic heterocycles. The molecule has 4 rings (SSSR count). The monoisotopic (exact) mass is 340 g/mol. The van der Waals surface area contributed by atoms with Crippen LogP contribution in [0.1, 0.15) is 55.1 Å². The van der Waals surface area contributed by atoms with Crippen LogP contribution in [0.4, 0.5) is 5.82 Å². The van der Waals surface area contributed by atoms with Gasteiger partial charge in [-0.05, 0) is 43.9 Å². The second-order valence-corrected chi connectivity index (χ2v) is 6.88. The van der Waals surface area contributed by atoms with Crippen molar-refractivity contribution >= 4 is 11.7 Å². The predicted molar refractivity (Wildman–Crippen MR) is 94.5 cm³/mol. The van der Waals surface area contributed by atoms with Gasteiger partial charge >= 0.3 is 0 Å². The molecule has 3 heterocycles. The van der Waals surface area contributed by atoms with Crippen LogP contribution in [0.15, 0.2) is 30.6 Å². The smallest absolute Gasteiger partial charge is 0.269 e. The van der Waals surface area contributed by atoms with E-state index in [0.717, 1.165) is 38.0 Å². The fourth-order valence-electron chi connectivity index (χ4n) is 4.03. The first kappa shape index (κ1) is 16.1. The Kier molecular flexibility index (Phi) is 4.63. The molecule has 25 heavy (non-hydrogen) atoms. The van der Waals surface area contributed by atoms with Crippen LogP contribution in [-0.2, 0) is 0 Å². The Hall–Kier alpha value is -2.44. The van der Waals surface area contributed by atoms with Gasteiger partial charge in [-0.3, -0.25) is 9.48 Å². The first-order chi connectivity index (χ1) is 12.3. The summed E-state index contributed by atoms with van der Waals surface area (Å²) in [7, 11) is 0. The summed E-state index contributed by atoms with van der Waals surface area (Å²) in [5, 5.41) is 15.7. The topological polar surface area (TPSA) is 75.9 Å². The maximum atomic E-state index is 12.7. The van der Waals surface area contributed by atoms with Gasteiger partial charge in [-0.25, -0.2) is 0 Å². The molecule has 7 nitrogen and oxygen atoms in total. The minimum atomic E-state index is -0.0320. The van der Waals surface area contributed by atoms with Crippen molar-refractivity contribution in [3.05, 3.63) is 36.3 Å². The highest BCUT2D eigenvalue weighted by atomic mass is 16.2. The second kappa shape index (κ2) is 7.21. The van der Waals surface area contributed by atoms with Crippen molar-refractivity contribution in [3.8, 4) is 0 Å². The van der Waals surface area contributed by atoms with Crippen molar-refractivity contribution < 1.29 is 4.79 Å². The Balaban J connectivity index is 1.40. The highest BCUT2D eigenvalue weighted by Gasteiger charge is 2.27. The van der Waals surface area contributed by atoms with Crippen molar-refractivity contribution in [2.45, 2.75) is 50.6 Å².